The van der Waals surface area contributed by atoms with Gasteiger partial charge < -0.3 is 15.2 Å². The Morgan fingerprint density at radius 3 is 2.68 bits per heavy atom. The number of aliphatic hydroxyl groups excluding tert-OH is 1. The smallest absolute Gasteiger partial charge is 0.234 e. The van der Waals surface area contributed by atoms with Crippen LogP contribution in [0.3, 0.4) is 0 Å². The molecule has 5 nitrogen and oxygen atoms in total. The summed E-state index contributed by atoms with van der Waals surface area (Å²) < 4.78 is 5.45. The number of ether oxygens (including phenoxy) is 1. The van der Waals surface area contributed by atoms with Crippen LogP contribution in [0, 0.1) is 11.3 Å². The van der Waals surface area contributed by atoms with E-state index in [1.807, 2.05) is 13.0 Å². The number of nitriles is 1. The predicted octanol–water partition coefficient (Wildman–Crippen LogP) is 3.37. The van der Waals surface area contributed by atoms with E-state index in [0.29, 0.717) is 29.2 Å². The van der Waals surface area contributed by atoms with Crippen LogP contribution in [-0.2, 0) is 16.8 Å². The Kier molecular flexibility index (Phi) is 5.79. The Hall–Kier alpha value is -2.84. The van der Waals surface area contributed by atoms with Crippen LogP contribution >= 0.6 is 0 Å². The first-order valence-electron chi connectivity index (χ1n) is 8.11. The second kappa shape index (κ2) is 7.82. The van der Waals surface area contributed by atoms with Gasteiger partial charge in [-0.25, -0.2) is 0 Å². The van der Waals surface area contributed by atoms with Gasteiger partial charge in [-0.05, 0) is 56.7 Å². The van der Waals surface area contributed by atoms with Crippen LogP contribution in [-0.4, -0.2) is 17.6 Å². The van der Waals surface area contributed by atoms with Crippen LogP contribution in [0.25, 0.3) is 0 Å². The number of hydrogen-bond acceptors (Lipinski definition) is 4. The lowest BCUT2D eigenvalue weighted by molar-refractivity contribution is -0.120. The van der Waals surface area contributed by atoms with Gasteiger partial charge in [0.2, 0.25) is 5.91 Å². The van der Waals surface area contributed by atoms with Crippen molar-refractivity contribution in [2.75, 3.05) is 11.9 Å². The minimum Gasteiger partial charge on any atom is -0.494 e. The molecule has 2 N–H and O–H groups in total. The number of aliphatic hydroxyl groups is 1. The number of carbonyl (C=O) groups excluding carboxylic acids is 1. The van der Waals surface area contributed by atoms with Gasteiger partial charge in [0.1, 0.15) is 5.75 Å². The van der Waals surface area contributed by atoms with E-state index in [4.69, 9.17) is 10.00 Å². The normalized spacial score (nSPS) is 10.8. The summed E-state index contributed by atoms with van der Waals surface area (Å²) in [6, 6.07) is 14.3. The van der Waals surface area contributed by atoms with Crippen molar-refractivity contribution in [1.29, 1.82) is 5.26 Å². The third-order valence-corrected chi connectivity index (χ3v) is 4.07. The van der Waals surface area contributed by atoms with Crippen LogP contribution in [0.4, 0.5) is 5.69 Å². The molecule has 5 heteroatoms. The number of anilines is 1. The fourth-order valence-corrected chi connectivity index (χ4v) is 2.47. The molecule has 0 spiro atoms. The molecule has 0 aromatic heterocycles. The third-order valence-electron chi connectivity index (χ3n) is 4.07. The number of benzene rings is 2. The van der Waals surface area contributed by atoms with E-state index in [-0.39, 0.29) is 12.5 Å². The molecule has 1 amide bonds. The molecule has 0 atom stereocenters. The molecule has 0 saturated carbocycles. The van der Waals surface area contributed by atoms with Gasteiger partial charge in [0.15, 0.2) is 0 Å². The van der Waals surface area contributed by atoms with Crippen molar-refractivity contribution in [2.45, 2.75) is 32.8 Å². The zero-order valence-electron chi connectivity index (χ0n) is 14.7. The van der Waals surface area contributed by atoms with Gasteiger partial charge in [-0.3, -0.25) is 4.79 Å². The number of amides is 1. The SMILES string of the molecule is CCOc1ccc(NC(=O)C(C)(C)c2cccc(C#N)c2)cc1CO. The summed E-state index contributed by atoms with van der Waals surface area (Å²) in [7, 11) is 0. The Morgan fingerprint density at radius 2 is 2.04 bits per heavy atom. The lowest BCUT2D eigenvalue weighted by atomic mass is 9.83. The molecule has 2 rings (SSSR count). The van der Waals surface area contributed by atoms with Gasteiger partial charge in [0.05, 0.1) is 30.3 Å². The zero-order chi connectivity index (χ0) is 18.4. The Morgan fingerprint density at radius 1 is 1.28 bits per heavy atom. The second-order valence-corrected chi connectivity index (χ2v) is 6.19. The lowest BCUT2D eigenvalue weighted by Crippen LogP contribution is -2.34. The van der Waals surface area contributed by atoms with Crippen LogP contribution in [0.1, 0.15) is 37.5 Å². The highest BCUT2D eigenvalue weighted by Gasteiger charge is 2.30. The molecule has 0 fully saturated rings. The van der Waals surface area contributed by atoms with E-state index in [1.54, 1.807) is 50.2 Å². The monoisotopic (exact) mass is 338 g/mol. The quantitative estimate of drug-likeness (QED) is 0.846. The summed E-state index contributed by atoms with van der Waals surface area (Å²) in [5.74, 6) is 0.402. The molecule has 0 aliphatic rings. The maximum absolute atomic E-state index is 12.8. The Labute approximate surface area is 147 Å². The highest BCUT2D eigenvalue weighted by atomic mass is 16.5. The van der Waals surface area contributed by atoms with Gasteiger partial charge in [-0.1, -0.05) is 12.1 Å². The molecule has 2 aromatic rings. The topological polar surface area (TPSA) is 82.3 Å². The first-order chi connectivity index (χ1) is 11.9. The average molecular weight is 338 g/mol. The minimum atomic E-state index is -0.815. The maximum atomic E-state index is 12.8. The van der Waals surface area contributed by atoms with Crippen LogP contribution in [0.5, 0.6) is 5.75 Å². The first kappa shape index (κ1) is 18.5. The van der Waals surface area contributed by atoms with Gasteiger partial charge in [-0.15, -0.1) is 0 Å². The second-order valence-electron chi connectivity index (χ2n) is 6.19. The van der Waals surface area contributed by atoms with E-state index >= 15 is 0 Å². The molecular weight excluding hydrogens is 316 g/mol. The van der Waals surface area contributed by atoms with Crippen LogP contribution in [0.15, 0.2) is 42.5 Å². The number of hydrogen-bond donors (Lipinski definition) is 2. The lowest BCUT2D eigenvalue weighted by Gasteiger charge is -2.24. The van der Waals surface area contributed by atoms with Crippen molar-refractivity contribution in [3.05, 3.63) is 59.2 Å². The predicted molar refractivity (Wildman–Crippen MR) is 96.3 cm³/mol. The molecule has 0 heterocycles. The molecule has 0 aliphatic carbocycles. The Balaban J connectivity index is 2.24. The summed E-state index contributed by atoms with van der Waals surface area (Å²) >= 11 is 0. The van der Waals surface area contributed by atoms with Crippen molar-refractivity contribution >= 4 is 11.6 Å². The molecule has 130 valence electrons. The summed E-state index contributed by atoms with van der Waals surface area (Å²) in [6.45, 7) is 5.81. The third kappa shape index (κ3) is 4.17. The van der Waals surface area contributed by atoms with Gasteiger partial charge >= 0.3 is 0 Å². The first-order valence-corrected chi connectivity index (χ1v) is 8.11. The summed E-state index contributed by atoms with van der Waals surface area (Å²) in [5.41, 5.74) is 1.66. The summed E-state index contributed by atoms with van der Waals surface area (Å²) in [5, 5.41) is 21.4. The highest BCUT2D eigenvalue weighted by Crippen LogP contribution is 2.28. The Bertz CT molecular complexity index is 807. The number of nitrogens with zero attached hydrogens (tertiary/aromatic N) is 1. The van der Waals surface area contributed by atoms with Crippen molar-refractivity contribution in [3.8, 4) is 11.8 Å². The standard InChI is InChI=1S/C20H22N2O3/c1-4-25-18-9-8-17(11-15(18)13-23)22-19(24)20(2,3)16-7-5-6-14(10-16)12-21/h5-11,23H,4,13H2,1-3H3,(H,22,24). The van der Waals surface area contributed by atoms with Crippen LogP contribution in [0.2, 0.25) is 0 Å². The largest absolute Gasteiger partial charge is 0.494 e. The van der Waals surface area contributed by atoms with Gasteiger partial charge in [0.25, 0.3) is 0 Å². The van der Waals surface area contributed by atoms with Gasteiger partial charge in [-0.2, -0.15) is 5.26 Å². The molecule has 0 bridgehead atoms. The van der Waals surface area contributed by atoms with Crippen molar-refractivity contribution in [3.63, 3.8) is 0 Å². The van der Waals surface area contributed by atoms with Crippen molar-refractivity contribution < 1.29 is 14.6 Å². The van der Waals surface area contributed by atoms with E-state index in [1.165, 1.54) is 0 Å². The molecule has 0 saturated heterocycles. The molecule has 0 unspecified atom stereocenters. The number of carbonyl (C=O) groups is 1. The number of rotatable bonds is 6. The number of nitrogens with one attached hydrogen (secondary N) is 1. The summed E-state index contributed by atoms with van der Waals surface area (Å²) in [6.07, 6.45) is 0. The minimum absolute atomic E-state index is 0.174. The van der Waals surface area contributed by atoms with Crippen molar-refractivity contribution in [2.24, 2.45) is 0 Å². The average Bonchev–Trinajstić information content (AvgIpc) is 2.63. The fourth-order valence-electron chi connectivity index (χ4n) is 2.47. The highest BCUT2D eigenvalue weighted by molar-refractivity contribution is 5.98. The summed E-state index contributed by atoms with van der Waals surface area (Å²) in [4.78, 5) is 12.8. The van der Waals surface area contributed by atoms with E-state index in [2.05, 4.69) is 11.4 Å². The van der Waals surface area contributed by atoms with Crippen LogP contribution < -0.4 is 10.1 Å². The maximum Gasteiger partial charge on any atom is 0.234 e. The molecule has 0 aliphatic heterocycles. The van der Waals surface area contributed by atoms with E-state index in [0.717, 1.165) is 5.56 Å². The molecule has 25 heavy (non-hydrogen) atoms. The van der Waals surface area contributed by atoms with Crippen molar-refractivity contribution in [1.82, 2.24) is 0 Å². The van der Waals surface area contributed by atoms with Gasteiger partial charge in [0, 0.05) is 11.3 Å². The van der Waals surface area contributed by atoms with E-state index in [9.17, 15) is 9.90 Å². The fraction of sp³-hybridized carbons (Fsp3) is 0.300. The zero-order valence-corrected chi connectivity index (χ0v) is 14.7. The van der Waals surface area contributed by atoms with E-state index < -0.39 is 5.41 Å². The molecular formula is C20H22N2O3. The molecule has 0 radical (unpaired) electrons. The molecule has 2 aromatic carbocycles.